The predicted molar refractivity (Wildman–Crippen MR) is 60.0 cm³/mol. The summed E-state index contributed by atoms with van der Waals surface area (Å²) in [6.07, 6.45) is 0. The lowest BCUT2D eigenvalue weighted by Crippen LogP contribution is -2.44. The molecule has 1 heterocycles. The molecular formula is C11H14FN3O. The first kappa shape index (κ1) is 10.9. The van der Waals surface area contributed by atoms with Gasteiger partial charge in [0.1, 0.15) is 5.82 Å². The second-order valence-electron chi connectivity index (χ2n) is 3.77. The Bertz CT molecular complexity index is 402. The molecule has 0 atom stereocenters. The Morgan fingerprint density at radius 2 is 2.06 bits per heavy atom. The predicted octanol–water partition coefficient (Wildman–Crippen LogP) is 0.334. The number of rotatable bonds is 2. The van der Waals surface area contributed by atoms with Gasteiger partial charge < -0.3 is 16.0 Å². The first-order valence-electron chi connectivity index (χ1n) is 5.23. The summed E-state index contributed by atoms with van der Waals surface area (Å²) >= 11 is 0. The highest BCUT2D eigenvalue weighted by Crippen LogP contribution is 2.21. The Morgan fingerprint density at radius 1 is 1.38 bits per heavy atom. The average molecular weight is 223 g/mol. The first-order valence-corrected chi connectivity index (χ1v) is 5.23. The maximum Gasteiger partial charge on any atom is 0.248 e. The number of primary amides is 1. The van der Waals surface area contributed by atoms with Crippen molar-refractivity contribution in [3.8, 4) is 0 Å². The van der Waals surface area contributed by atoms with Gasteiger partial charge in [0, 0.05) is 31.7 Å². The summed E-state index contributed by atoms with van der Waals surface area (Å²) in [5.74, 6) is -0.844. The van der Waals surface area contributed by atoms with E-state index in [1.54, 1.807) is 0 Å². The highest BCUT2D eigenvalue weighted by molar-refractivity contribution is 5.93. The largest absolute Gasteiger partial charge is 0.367 e. The lowest BCUT2D eigenvalue weighted by Gasteiger charge is -2.29. The molecule has 0 spiro atoms. The normalized spacial score (nSPS) is 16.2. The minimum absolute atomic E-state index is 0.313. The SMILES string of the molecule is NC(=O)c1ccc(F)c(N2CCNCC2)c1. The summed E-state index contributed by atoms with van der Waals surface area (Å²) in [5, 5.41) is 3.19. The molecule has 1 fully saturated rings. The van der Waals surface area contributed by atoms with Crippen LogP contribution in [0.5, 0.6) is 0 Å². The van der Waals surface area contributed by atoms with Crippen LogP contribution >= 0.6 is 0 Å². The number of anilines is 1. The van der Waals surface area contributed by atoms with Crippen LogP contribution in [0.4, 0.5) is 10.1 Å². The number of nitrogens with one attached hydrogen (secondary N) is 1. The Balaban J connectivity index is 2.30. The van der Waals surface area contributed by atoms with E-state index in [1.165, 1.54) is 18.2 Å². The molecule has 1 saturated heterocycles. The summed E-state index contributed by atoms with van der Waals surface area (Å²) < 4.78 is 13.6. The molecule has 0 bridgehead atoms. The van der Waals surface area contributed by atoms with Gasteiger partial charge >= 0.3 is 0 Å². The van der Waals surface area contributed by atoms with Crippen LogP contribution in [0.1, 0.15) is 10.4 Å². The van der Waals surface area contributed by atoms with E-state index in [0.717, 1.165) is 26.2 Å². The number of hydrogen-bond donors (Lipinski definition) is 2. The van der Waals surface area contributed by atoms with Gasteiger partial charge in [-0.05, 0) is 18.2 Å². The molecule has 1 aromatic carbocycles. The van der Waals surface area contributed by atoms with Crippen LogP contribution < -0.4 is 16.0 Å². The van der Waals surface area contributed by atoms with Crippen molar-refractivity contribution in [2.45, 2.75) is 0 Å². The molecule has 5 heteroatoms. The Morgan fingerprint density at radius 3 is 2.69 bits per heavy atom. The van der Waals surface area contributed by atoms with E-state index >= 15 is 0 Å². The van der Waals surface area contributed by atoms with Gasteiger partial charge in [-0.1, -0.05) is 0 Å². The van der Waals surface area contributed by atoms with E-state index in [9.17, 15) is 9.18 Å². The fraction of sp³-hybridized carbons (Fsp3) is 0.364. The van der Waals surface area contributed by atoms with Gasteiger partial charge in [0.05, 0.1) is 5.69 Å². The van der Waals surface area contributed by atoms with Crippen molar-refractivity contribution in [1.29, 1.82) is 0 Å². The number of hydrogen-bond acceptors (Lipinski definition) is 3. The van der Waals surface area contributed by atoms with Gasteiger partial charge in [0.15, 0.2) is 0 Å². The van der Waals surface area contributed by atoms with Crippen molar-refractivity contribution >= 4 is 11.6 Å². The highest BCUT2D eigenvalue weighted by atomic mass is 19.1. The lowest BCUT2D eigenvalue weighted by molar-refractivity contribution is 0.100. The Hall–Kier alpha value is -1.62. The van der Waals surface area contributed by atoms with Crippen molar-refractivity contribution in [2.24, 2.45) is 5.73 Å². The number of piperazine rings is 1. The summed E-state index contributed by atoms with van der Waals surface area (Å²) in [7, 11) is 0. The van der Waals surface area contributed by atoms with E-state index < -0.39 is 5.91 Å². The van der Waals surface area contributed by atoms with Gasteiger partial charge in [-0.15, -0.1) is 0 Å². The van der Waals surface area contributed by atoms with Crippen molar-refractivity contribution in [1.82, 2.24) is 5.32 Å². The summed E-state index contributed by atoms with van der Waals surface area (Å²) in [6, 6.07) is 4.21. The van der Waals surface area contributed by atoms with Crippen LogP contribution in [0.3, 0.4) is 0 Å². The molecule has 0 saturated carbocycles. The van der Waals surface area contributed by atoms with Crippen LogP contribution in [0.15, 0.2) is 18.2 Å². The summed E-state index contributed by atoms with van der Waals surface area (Å²) in [6.45, 7) is 3.11. The summed E-state index contributed by atoms with van der Waals surface area (Å²) in [4.78, 5) is 12.9. The van der Waals surface area contributed by atoms with Crippen LogP contribution in [0.25, 0.3) is 0 Å². The van der Waals surface area contributed by atoms with E-state index in [1.807, 2.05) is 4.90 Å². The fourth-order valence-corrected chi connectivity index (χ4v) is 1.81. The van der Waals surface area contributed by atoms with Crippen molar-refractivity contribution in [2.75, 3.05) is 31.1 Å². The third-order valence-corrected chi connectivity index (χ3v) is 2.69. The fourth-order valence-electron chi connectivity index (χ4n) is 1.81. The zero-order valence-electron chi connectivity index (χ0n) is 8.87. The van der Waals surface area contributed by atoms with E-state index in [4.69, 9.17) is 5.73 Å². The molecule has 1 aromatic rings. The quantitative estimate of drug-likeness (QED) is 0.760. The minimum Gasteiger partial charge on any atom is -0.367 e. The topological polar surface area (TPSA) is 58.4 Å². The number of carbonyl (C=O) groups is 1. The number of nitrogens with zero attached hydrogens (tertiary/aromatic N) is 1. The van der Waals surface area contributed by atoms with Gasteiger partial charge in [-0.2, -0.15) is 0 Å². The molecule has 0 unspecified atom stereocenters. The first-order chi connectivity index (χ1) is 7.68. The third-order valence-electron chi connectivity index (χ3n) is 2.69. The van der Waals surface area contributed by atoms with Crippen LogP contribution in [-0.4, -0.2) is 32.1 Å². The van der Waals surface area contributed by atoms with Crippen molar-refractivity contribution in [3.63, 3.8) is 0 Å². The molecule has 1 amide bonds. The Kier molecular flexibility index (Phi) is 3.05. The Labute approximate surface area is 93.2 Å². The minimum atomic E-state index is -0.531. The second-order valence-corrected chi connectivity index (χ2v) is 3.77. The molecule has 0 aromatic heterocycles. The monoisotopic (exact) mass is 223 g/mol. The number of halogens is 1. The van der Waals surface area contributed by atoms with Crippen molar-refractivity contribution in [3.05, 3.63) is 29.6 Å². The standard InChI is InChI=1S/C11H14FN3O/c12-9-2-1-8(11(13)16)7-10(9)15-5-3-14-4-6-15/h1-2,7,14H,3-6H2,(H2,13,16). The maximum absolute atomic E-state index is 13.6. The molecule has 3 N–H and O–H groups in total. The summed E-state index contributed by atoms with van der Waals surface area (Å²) in [5.41, 5.74) is 5.97. The second kappa shape index (κ2) is 4.49. The molecule has 86 valence electrons. The molecule has 16 heavy (non-hydrogen) atoms. The molecule has 4 nitrogen and oxygen atoms in total. The van der Waals surface area contributed by atoms with Gasteiger partial charge in [-0.3, -0.25) is 4.79 Å². The van der Waals surface area contributed by atoms with Gasteiger partial charge in [0.25, 0.3) is 0 Å². The molecule has 1 aliphatic heterocycles. The smallest absolute Gasteiger partial charge is 0.248 e. The van der Waals surface area contributed by atoms with Gasteiger partial charge in [-0.25, -0.2) is 4.39 Å². The maximum atomic E-state index is 13.6. The highest BCUT2D eigenvalue weighted by Gasteiger charge is 2.15. The zero-order chi connectivity index (χ0) is 11.5. The number of amides is 1. The van der Waals surface area contributed by atoms with Crippen LogP contribution in [0, 0.1) is 5.82 Å². The number of benzene rings is 1. The molecule has 0 aliphatic carbocycles. The lowest BCUT2D eigenvalue weighted by atomic mass is 10.1. The molecule has 0 radical (unpaired) electrons. The molecule has 2 rings (SSSR count). The van der Waals surface area contributed by atoms with Gasteiger partial charge in [0.2, 0.25) is 5.91 Å². The zero-order valence-corrected chi connectivity index (χ0v) is 8.87. The average Bonchev–Trinajstić information content (AvgIpc) is 2.30. The van der Waals surface area contributed by atoms with Crippen LogP contribution in [-0.2, 0) is 0 Å². The molecular weight excluding hydrogens is 209 g/mol. The third kappa shape index (κ3) is 2.14. The molecule has 1 aliphatic rings. The van der Waals surface area contributed by atoms with E-state index in [-0.39, 0.29) is 5.82 Å². The van der Waals surface area contributed by atoms with E-state index in [0.29, 0.717) is 11.3 Å². The number of nitrogens with two attached hydrogens (primary N) is 1. The van der Waals surface area contributed by atoms with Crippen LogP contribution in [0.2, 0.25) is 0 Å². The van der Waals surface area contributed by atoms with E-state index in [2.05, 4.69) is 5.32 Å². The number of carbonyl (C=O) groups excluding carboxylic acids is 1. The van der Waals surface area contributed by atoms with Crippen molar-refractivity contribution < 1.29 is 9.18 Å².